The number of rotatable bonds is 9. The number of hydrogen-bond donors (Lipinski definition) is 1. The molecule has 1 amide bonds. The van der Waals surface area contributed by atoms with Crippen LogP contribution in [0.15, 0.2) is 48.8 Å². The second-order valence-electron chi connectivity index (χ2n) is 7.49. The summed E-state index contributed by atoms with van der Waals surface area (Å²) in [5.41, 5.74) is 1.62. The Hall–Kier alpha value is -2.47. The van der Waals surface area contributed by atoms with Crippen LogP contribution in [0.4, 0.5) is 4.79 Å². The molecule has 6 nitrogen and oxygen atoms in total. The van der Waals surface area contributed by atoms with E-state index in [2.05, 4.69) is 20.2 Å². The number of carbonyl (C=O) groups is 1. The van der Waals surface area contributed by atoms with Gasteiger partial charge in [-0.3, -0.25) is 14.9 Å². The highest BCUT2D eigenvalue weighted by molar-refractivity contribution is 5.67. The van der Waals surface area contributed by atoms with Crippen molar-refractivity contribution in [3.8, 4) is 0 Å². The smallest absolute Gasteiger partial charge is 0.407 e. The Kier molecular flexibility index (Phi) is 8.20. The molecular weight excluding hydrogens is 340 g/mol. The van der Waals surface area contributed by atoms with Gasteiger partial charge in [0.25, 0.3) is 0 Å². The minimum Gasteiger partial charge on any atom is -0.444 e. The summed E-state index contributed by atoms with van der Waals surface area (Å²) in [5, 5.41) is 2.81. The molecule has 2 aromatic rings. The zero-order valence-corrected chi connectivity index (χ0v) is 16.5. The van der Waals surface area contributed by atoms with Crippen LogP contribution in [0.25, 0.3) is 0 Å². The van der Waals surface area contributed by atoms with Gasteiger partial charge in [0, 0.05) is 32.0 Å². The van der Waals surface area contributed by atoms with Crippen LogP contribution in [0.5, 0.6) is 0 Å². The molecule has 0 saturated heterocycles. The molecule has 0 fully saturated rings. The van der Waals surface area contributed by atoms with Crippen LogP contribution in [0, 0.1) is 0 Å². The Labute approximate surface area is 162 Å². The van der Waals surface area contributed by atoms with Crippen LogP contribution in [0.3, 0.4) is 0 Å². The minimum absolute atomic E-state index is 0.360. The van der Waals surface area contributed by atoms with Gasteiger partial charge >= 0.3 is 6.09 Å². The lowest BCUT2D eigenvalue weighted by molar-refractivity contribution is 0.0526. The van der Waals surface area contributed by atoms with Crippen molar-refractivity contribution < 1.29 is 9.53 Å². The second-order valence-corrected chi connectivity index (χ2v) is 7.49. The summed E-state index contributed by atoms with van der Waals surface area (Å²) < 4.78 is 5.25. The van der Waals surface area contributed by atoms with Crippen LogP contribution < -0.4 is 5.32 Å². The van der Waals surface area contributed by atoms with E-state index in [-0.39, 0.29) is 6.09 Å². The molecule has 0 aromatic carbocycles. The van der Waals surface area contributed by atoms with Gasteiger partial charge in [0.15, 0.2) is 0 Å². The summed E-state index contributed by atoms with van der Waals surface area (Å²) in [4.78, 5) is 22.9. The first-order valence-corrected chi connectivity index (χ1v) is 9.41. The lowest BCUT2D eigenvalue weighted by Crippen LogP contribution is -2.33. The SMILES string of the molecule is CC(C)(C)OC(=O)NCCCCN(Cc1ccccn1)Cc1ccccn1. The van der Waals surface area contributed by atoms with Gasteiger partial charge in [0.1, 0.15) is 5.60 Å². The van der Waals surface area contributed by atoms with Crippen molar-refractivity contribution in [3.05, 3.63) is 60.2 Å². The predicted molar refractivity (Wildman–Crippen MR) is 106 cm³/mol. The van der Waals surface area contributed by atoms with Gasteiger partial charge < -0.3 is 10.1 Å². The fraction of sp³-hybridized carbons (Fsp3) is 0.476. The first-order chi connectivity index (χ1) is 12.9. The second kappa shape index (κ2) is 10.6. The highest BCUT2D eigenvalue weighted by Crippen LogP contribution is 2.09. The number of alkyl carbamates (subject to hydrolysis) is 1. The van der Waals surface area contributed by atoms with Crippen molar-refractivity contribution in [2.24, 2.45) is 0 Å². The Balaban J connectivity index is 1.79. The molecule has 2 rings (SSSR count). The molecule has 0 aliphatic heterocycles. The molecule has 0 spiro atoms. The molecule has 0 aliphatic rings. The third-order valence-electron chi connectivity index (χ3n) is 3.79. The molecule has 0 bridgehead atoms. The minimum atomic E-state index is -0.466. The summed E-state index contributed by atoms with van der Waals surface area (Å²) in [6.07, 6.45) is 5.13. The van der Waals surface area contributed by atoms with Gasteiger partial charge in [-0.1, -0.05) is 12.1 Å². The Morgan fingerprint density at radius 2 is 1.59 bits per heavy atom. The molecule has 2 aromatic heterocycles. The van der Waals surface area contributed by atoms with E-state index >= 15 is 0 Å². The lowest BCUT2D eigenvalue weighted by atomic mass is 10.2. The van der Waals surface area contributed by atoms with Crippen LogP contribution in [0.2, 0.25) is 0 Å². The molecule has 6 heteroatoms. The molecule has 2 heterocycles. The van der Waals surface area contributed by atoms with Crippen LogP contribution >= 0.6 is 0 Å². The van der Waals surface area contributed by atoms with Crippen molar-refractivity contribution in [3.63, 3.8) is 0 Å². The van der Waals surface area contributed by atoms with Crippen LogP contribution in [-0.4, -0.2) is 39.7 Å². The van der Waals surface area contributed by atoms with Crippen molar-refractivity contribution in [2.45, 2.75) is 52.3 Å². The van der Waals surface area contributed by atoms with Crippen molar-refractivity contribution >= 4 is 6.09 Å². The van der Waals surface area contributed by atoms with Crippen LogP contribution in [-0.2, 0) is 17.8 Å². The predicted octanol–water partition coefficient (Wildman–Crippen LogP) is 3.78. The number of hydrogen-bond acceptors (Lipinski definition) is 5. The van der Waals surface area contributed by atoms with Gasteiger partial charge in [-0.05, 0) is 64.4 Å². The number of amides is 1. The van der Waals surface area contributed by atoms with Gasteiger partial charge in [-0.2, -0.15) is 0 Å². The monoisotopic (exact) mass is 370 g/mol. The van der Waals surface area contributed by atoms with E-state index in [0.29, 0.717) is 6.54 Å². The molecule has 0 radical (unpaired) electrons. The number of aromatic nitrogens is 2. The fourth-order valence-corrected chi connectivity index (χ4v) is 2.62. The van der Waals surface area contributed by atoms with Crippen molar-refractivity contribution in [2.75, 3.05) is 13.1 Å². The highest BCUT2D eigenvalue weighted by atomic mass is 16.6. The van der Waals surface area contributed by atoms with Crippen molar-refractivity contribution in [1.29, 1.82) is 0 Å². The summed E-state index contributed by atoms with van der Waals surface area (Å²) in [6, 6.07) is 11.9. The Bertz CT molecular complexity index is 630. The highest BCUT2D eigenvalue weighted by Gasteiger charge is 2.15. The zero-order chi connectivity index (χ0) is 19.5. The lowest BCUT2D eigenvalue weighted by Gasteiger charge is -2.22. The summed E-state index contributed by atoms with van der Waals surface area (Å²) in [6.45, 7) is 8.64. The maximum atomic E-state index is 11.7. The molecule has 0 aliphatic carbocycles. The number of nitrogens with zero attached hydrogens (tertiary/aromatic N) is 3. The average molecular weight is 370 g/mol. The number of nitrogens with one attached hydrogen (secondary N) is 1. The first kappa shape index (κ1) is 20.8. The van der Waals surface area contributed by atoms with Gasteiger partial charge in [-0.25, -0.2) is 4.79 Å². The molecule has 27 heavy (non-hydrogen) atoms. The molecule has 0 saturated carbocycles. The Morgan fingerprint density at radius 3 is 2.07 bits per heavy atom. The quantitative estimate of drug-likeness (QED) is 0.680. The summed E-state index contributed by atoms with van der Waals surface area (Å²) >= 11 is 0. The summed E-state index contributed by atoms with van der Waals surface area (Å²) in [5.74, 6) is 0. The van der Waals surface area contributed by atoms with Crippen LogP contribution in [0.1, 0.15) is 45.0 Å². The van der Waals surface area contributed by atoms with E-state index < -0.39 is 5.60 Å². The standard InChI is InChI=1S/C21H30N4O2/c1-21(2,3)27-20(26)24-14-8-9-15-25(16-18-10-4-6-12-22-18)17-19-11-5-7-13-23-19/h4-7,10-13H,8-9,14-17H2,1-3H3,(H,24,26). The van der Waals surface area contributed by atoms with Gasteiger partial charge in [0.2, 0.25) is 0 Å². The zero-order valence-electron chi connectivity index (χ0n) is 16.5. The van der Waals surface area contributed by atoms with E-state index in [1.54, 1.807) is 0 Å². The Morgan fingerprint density at radius 1 is 1.00 bits per heavy atom. The van der Waals surface area contributed by atoms with Crippen molar-refractivity contribution in [1.82, 2.24) is 20.2 Å². The third-order valence-corrected chi connectivity index (χ3v) is 3.79. The van der Waals surface area contributed by atoms with E-state index in [9.17, 15) is 4.79 Å². The average Bonchev–Trinajstić information content (AvgIpc) is 2.61. The molecular formula is C21H30N4O2. The van der Waals surface area contributed by atoms with E-state index in [0.717, 1.165) is 43.9 Å². The van der Waals surface area contributed by atoms with Gasteiger partial charge in [-0.15, -0.1) is 0 Å². The number of carbonyl (C=O) groups excluding carboxylic acids is 1. The normalized spacial score (nSPS) is 11.4. The maximum absolute atomic E-state index is 11.7. The molecule has 146 valence electrons. The van der Waals surface area contributed by atoms with E-state index in [4.69, 9.17) is 4.74 Å². The maximum Gasteiger partial charge on any atom is 0.407 e. The molecule has 0 atom stereocenters. The van der Waals surface area contributed by atoms with Gasteiger partial charge in [0.05, 0.1) is 11.4 Å². The van der Waals surface area contributed by atoms with E-state index in [1.165, 1.54) is 0 Å². The molecule has 1 N–H and O–H groups in total. The number of unbranched alkanes of at least 4 members (excludes halogenated alkanes) is 1. The third kappa shape index (κ3) is 9.15. The molecule has 0 unspecified atom stereocenters. The number of pyridine rings is 2. The number of ether oxygens (including phenoxy) is 1. The summed E-state index contributed by atoms with van der Waals surface area (Å²) in [7, 11) is 0. The topological polar surface area (TPSA) is 67.3 Å². The first-order valence-electron chi connectivity index (χ1n) is 9.41. The van der Waals surface area contributed by atoms with E-state index in [1.807, 2.05) is 69.6 Å². The largest absolute Gasteiger partial charge is 0.444 e. The fourth-order valence-electron chi connectivity index (χ4n) is 2.62.